The third-order valence-electron chi connectivity index (χ3n) is 4.38. The van der Waals surface area contributed by atoms with Crippen LogP contribution < -0.4 is 15.2 Å². The predicted octanol–water partition coefficient (Wildman–Crippen LogP) is 5.02. The molecule has 2 N–H and O–H groups in total. The molecule has 0 saturated carbocycles. The number of benzene rings is 2. The van der Waals surface area contributed by atoms with Crippen molar-refractivity contribution in [2.45, 2.75) is 5.92 Å². The molecule has 1 atom stereocenters. The number of rotatable bonds is 3. The van der Waals surface area contributed by atoms with Crippen molar-refractivity contribution in [2.75, 3.05) is 0 Å². The van der Waals surface area contributed by atoms with E-state index in [9.17, 15) is 10.1 Å². The van der Waals surface area contributed by atoms with Crippen molar-refractivity contribution in [1.82, 2.24) is 0 Å². The van der Waals surface area contributed by atoms with Gasteiger partial charge in [-0.25, -0.2) is 4.79 Å². The average molecular weight is 427 g/mol. The third kappa shape index (κ3) is 3.54. The lowest BCUT2D eigenvalue weighted by Gasteiger charge is -2.25. The number of furan rings is 1. The standard InChI is InChI=1S/C21H12Cl2N2O4/c22-11-3-5-13(16(23)8-11)21(26)28-12-4-6-14-18(9-12)29-20(25)15(10-24)19(14)17-2-1-7-27-17/h1-9,19H,25H2. The molecule has 0 aliphatic carbocycles. The minimum Gasteiger partial charge on any atom is -0.468 e. The van der Waals surface area contributed by atoms with Gasteiger partial charge in [-0.2, -0.15) is 5.26 Å². The summed E-state index contributed by atoms with van der Waals surface area (Å²) in [7, 11) is 0. The van der Waals surface area contributed by atoms with Crippen LogP contribution in [0.25, 0.3) is 0 Å². The minimum atomic E-state index is -0.647. The number of halogens is 2. The molecular formula is C21H12Cl2N2O4. The summed E-state index contributed by atoms with van der Waals surface area (Å²) in [5.74, 6) is -0.0700. The first kappa shape index (κ1) is 18.9. The molecule has 0 amide bonds. The van der Waals surface area contributed by atoms with Gasteiger partial charge in [0.2, 0.25) is 5.88 Å². The summed E-state index contributed by atoms with van der Waals surface area (Å²) in [5, 5.41) is 10.1. The topological polar surface area (TPSA) is 98.5 Å². The molecule has 1 aliphatic heterocycles. The molecule has 0 saturated heterocycles. The lowest BCUT2D eigenvalue weighted by molar-refractivity contribution is 0.0734. The first-order valence-electron chi connectivity index (χ1n) is 8.40. The van der Waals surface area contributed by atoms with Gasteiger partial charge < -0.3 is 19.6 Å². The molecule has 144 valence electrons. The molecular weight excluding hydrogens is 415 g/mol. The van der Waals surface area contributed by atoms with Crippen molar-refractivity contribution >= 4 is 29.2 Å². The van der Waals surface area contributed by atoms with E-state index in [2.05, 4.69) is 6.07 Å². The van der Waals surface area contributed by atoms with Crippen LogP contribution >= 0.6 is 23.2 Å². The fourth-order valence-electron chi connectivity index (χ4n) is 3.06. The van der Waals surface area contributed by atoms with Gasteiger partial charge in [-0.05, 0) is 36.4 Å². The Morgan fingerprint density at radius 2 is 2.00 bits per heavy atom. The van der Waals surface area contributed by atoms with Crippen molar-refractivity contribution in [3.8, 4) is 17.6 Å². The van der Waals surface area contributed by atoms with Crippen molar-refractivity contribution in [3.05, 3.63) is 93.2 Å². The molecule has 1 aromatic heterocycles. The van der Waals surface area contributed by atoms with Gasteiger partial charge in [0.1, 0.15) is 28.9 Å². The molecule has 1 unspecified atom stereocenters. The largest absolute Gasteiger partial charge is 0.468 e. The van der Waals surface area contributed by atoms with Crippen LogP contribution in [0, 0.1) is 11.3 Å². The Bertz CT molecular complexity index is 1180. The second-order valence-electron chi connectivity index (χ2n) is 6.15. The van der Waals surface area contributed by atoms with Crippen LogP contribution in [-0.4, -0.2) is 5.97 Å². The van der Waals surface area contributed by atoms with Gasteiger partial charge in [-0.3, -0.25) is 0 Å². The number of carbonyl (C=O) groups excluding carboxylic acids is 1. The number of hydrogen-bond donors (Lipinski definition) is 1. The van der Waals surface area contributed by atoms with E-state index in [-0.39, 0.29) is 27.8 Å². The second-order valence-corrected chi connectivity index (χ2v) is 7.00. The van der Waals surface area contributed by atoms with E-state index >= 15 is 0 Å². The quantitative estimate of drug-likeness (QED) is 0.465. The zero-order chi connectivity index (χ0) is 20.5. The van der Waals surface area contributed by atoms with Crippen LogP contribution in [0.2, 0.25) is 10.0 Å². The van der Waals surface area contributed by atoms with Gasteiger partial charge in [-0.1, -0.05) is 29.3 Å². The van der Waals surface area contributed by atoms with Gasteiger partial charge in [0, 0.05) is 16.7 Å². The number of carbonyl (C=O) groups is 1. The van der Waals surface area contributed by atoms with Crippen molar-refractivity contribution in [2.24, 2.45) is 5.73 Å². The Balaban J connectivity index is 1.67. The molecule has 3 aromatic rings. The SMILES string of the molecule is N#CC1=C(N)Oc2cc(OC(=O)c3ccc(Cl)cc3Cl)ccc2C1c1ccco1. The fourth-order valence-corrected chi connectivity index (χ4v) is 3.55. The van der Waals surface area contributed by atoms with Gasteiger partial charge in [0.15, 0.2) is 0 Å². The molecule has 29 heavy (non-hydrogen) atoms. The molecule has 4 rings (SSSR count). The Kier molecular flexibility index (Phi) is 4.93. The Morgan fingerprint density at radius 3 is 2.69 bits per heavy atom. The normalized spacial score (nSPS) is 15.3. The highest BCUT2D eigenvalue weighted by atomic mass is 35.5. The fraction of sp³-hybridized carbons (Fsp3) is 0.0476. The number of nitrogens with zero attached hydrogens (tertiary/aromatic N) is 1. The van der Waals surface area contributed by atoms with E-state index in [0.717, 1.165) is 0 Å². The van der Waals surface area contributed by atoms with E-state index in [1.807, 2.05) is 0 Å². The van der Waals surface area contributed by atoms with Crippen LogP contribution in [0.4, 0.5) is 0 Å². The van der Waals surface area contributed by atoms with E-state index < -0.39 is 11.9 Å². The highest BCUT2D eigenvalue weighted by Crippen LogP contribution is 2.43. The summed E-state index contributed by atoms with van der Waals surface area (Å²) in [6.07, 6.45) is 1.52. The first-order valence-corrected chi connectivity index (χ1v) is 9.15. The Morgan fingerprint density at radius 1 is 1.17 bits per heavy atom. The molecule has 2 heterocycles. The summed E-state index contributed by atoms with van der Waals surface area (Å²) in [6.45, 7) is 0. The number of ether oxygens (including phenoxy) is 2. The number of nitriles is 1. The smallest absolute Gasteiger partial charge is 0.345 e. The average Bonchev–Trinajstić information content (AvgIpc) is 3.21. The molecule has 6 nitrogen and oxygen atoms in total. The van der Waals surface area contributed by atoms with E-state index in [4.69, 9.17) is 42.8 Å². The van der Waals surface area contributed by atoms with Crippen molar-refractivity contribution < 1.29 is 18.7 Å². The molecule has 0 spiro atoms. The third-order valence-corrected chi connectivity index (χ3v) is 4.93. The molecule has 0 radical (unpaired) electrons. The number of nitrogens with two attached hydrogens (primary N) is 1. The molecule has 8 heteroatoms. The van der Waals surface area contributed by atoms with Crippen molar-refractivity contribution in [1.29, 1.82) is 5.26 Å². The highest BCUT2D eigenvalue weighted by Gasteiger charge is 2.32. The molecule has 0 bridgehead atoms. The second kappa shape index (κ2) is 7.55. The number of esters is 1. The maximum atomic E-state index is 12.4. The van der Waals surface area contributed by atoms with Gasteiger partial charge in [0.05, 0.1) is 22.8 Å². The van der Waals surface area contributed by atoms with Gasteiger partial charge >= 0.3 is 5.97 Å². The number of hydrogen-bond acceptors (Lipinski definition) is 6. The van der Waals surface area contributed by atoms with E-state index in [0.29, 0.717) is 22.1 Å². The Hall–Kier alpha value is -3.40. The lowest BCUT2D eigenvalue weighted by Crippen LogP contribution is -2.21. The lowest BCUT2D eigenvalue weighted by atomic mass is 9.87. The van der Waals surface area contributed by atoms with Crippen LogP contribution in [0.5, 0.6) is 11.5 Å². The minimum absolute atomic E-state index is 0.0365. The monoisotopic (exact) mass is 426 g/mol. The maximum absolute atomic E-state index is 12.4. The highest BCUT2D eigenvalue weighted by molar-refractivity contribution is 6.36. The number of fused-ring (bicyclic) bond motifs is 1. The van der Waals surface area contributed by atoms with Crippen LogP contribution in [0.3, 0.4) is 0 Å². The summed E-state index contributed by atoms with van der Waals surface area (Å²) < 4.78 is 16.5. The van der Waals surface area contributed by atoms with E-state index in [1.54, 1.807) is 30.3 Å². The van der Waals surface area contributed by atoms with Crippen molar-refractivity contribution in [3.63, 3.8) is 0 Å². The van der Waals surface area contributed by atoms with Crippen LogP contribution in [0.1, 0.15) is 27.6 Å². The van der Waals surface area contributed by atoms with Gasteiger partial charge in [0.25, 0.3) is 0 Å². The predicted molar refractivity (Wildman–Crippen MR) is 106 cm³/mol. The maximum Gasteiger partial charge on any atom is 0.345 e. The molecule has 1 aliphatic rings. The summed E-state index contributed by atoms with van der Waals surface area (Å²) in [5.41, 5.74) is 7.01. The zero-order valence-corrected chi connectivity index (χ0v) is 16.2. The summed E-state index contributed by atoms with van der Waals surface area (Å²) >= 11 is 11.9. The molecule has 0 fully saturated rings. The Labute approximate surface area is 175 Å². The van der Waals surface area contributed by atoms with Crippen LogP contribution in [-0.2, 0) is 0 Å². The molecule has 2 aromatic carbocycles. The van der Waals surface area contributed by atoms with Crippen LogP contribution in [0.15, 0.2) is 70.7 Å². The number of allylic oxidation sites excluding steroid dienone is 1. The summed E-state index contributed by atoms with van der Waals surface area (Å²) in [4.78, 5) is 12.4. The first-order chi connectivity index (χ1) is 14.0. The zero-order valence-electron chi connectivity index (χ0n) is 14.7. The van der Waals surface area contributed by atoms with Gasteiger partial charge in [-0.15, -0.1) is 0 Å². The van der Waals surface area contributed by atoms with E-state index in [1.165, 1.54) is 24.5 Å². The summed E-state index contributed by atoms with van der Waals surface area (Å²) in [6, 6.07) is 14.8.